The van der Waals surface area contributed by atoms with Crippen LogP contribution in [0.5, 0.6) is 0 Å². The standard InChI is InChI=1S/C14H15F6N7/c1-6(2)22-11-25-10(8-4-21-5-9(24-8)14(18,19)20)26-12(27-11)23-7(3)13(15,16)17/h4-7H,1-3H3,(H2,22,23,25,26,27)/t7-/m1/s1. The van der Waals surface area contributed by atoms with Crippen LogP contribution in [0.15, 0.2) is 12.4 Å². The molecule has 13 heteroatoms. The van der Waals surface area contributed by atoms with Crippen LogP contribution >= 0.6 is 0 Å². The molecular formula is C14H15F6N7. The average molecular weight is 395 g/mol. The first-order valence-corrected chi connectivity index (χ1v) is 7.61. The maximum atomic E-state index is 12.8. The van der Waals surface area contributed by atoms with Crippen LogP contribution in [0.25, 0.3) is 11.5 Å². The summed E-state index contributed by atoms with van der Waals surface area (Å²) in [6.45, 7) is 4.29. The monoisotopic (exact) mass is 395 g/mol. The van der Waals surface area contributed by atoms with Gasteiger partial charge in [-0.2, -0.15) is 41.3 Å². The van der Waals surface area contributed by atoms with Crippen LogP contribution in [-0.4, -0.2) is 43.2 Å². The van der Waals surface area contributed by atoms with Crippen LogP contribution in [0.1, 0.15) is 26.5 Å². The van der Waals surface area contributed by atoms with Gasteiger partial charge in [0.1, 0.15) is 11.7 Å². The van der Waals surface area contributed by atoms with E-state index in [0.29, 0.717) is 6.20 Å². The van der Waals surface area contributed by atoms with E-state index in [4.69, 9.17) is 0 Å². The summed E-state index contributed by atoms with van der Waals surface area (Å²) >= 11 is 0. The number of halogens is 6. The fourth-order valence-corrected chi connectivity index (χ4v) is 1.76. The van der Waals surface area contributed by atoms with Crippen molar-refractivity contribution in [3.05, 3.63) is 18.1 Å². The van der Waals surface area contributed by atoms with Crippen LogP contribution in [0, 0.1) is 0 Å². The molecule has 2 heterocycles. The first-order chi connectivity index (χ1) is 12.4. The fraction of sp³-hybridized carbons (Fsp3) is 0.500. The molecule has 0 amide bonds. The van der Waals surface area contributed by atoms with Crippen molar-refractivity contribution in [1.29, 1.82) is 0 Å². The zero-order valence-corrected chi connectivity index (χ0v) is 14.3. The lowest BCUT2D eigenvalue weighted by Gasteiger charge is -2.18. The highest BCUT2D eigenvalue weighted by atomic mass is 19.4. The third kappa shape index (κ3) is 5.62. The van der Waals surface area contributed by atoms with E-state index in [1.165, 1.54) is 0 Å². The Balaban J connectivity index is 2.48. The van der Waals surface area contributed by atoms with E-state index in [9.17, 15) is 26.3 Å². The van der Waals surface area contributed by atoms with E-state index < -0.39 is 30.0 Å². The SMILES string of the molecule is CC(C)Nc1nc(N[C@H](C)C(F)(F)F)nc(-c2cncc(C(F)(F)F)n2)n1. The Morgan fingerprint density at radius 3 is 1.93 bits per heavy atom. The highest BCUT2D eigenvalue weighted by molar-refractivity contribution is 5.53. The summed E-state index contributed by atoms with van der Waals surface area (Å²) in [4.78, 5) is 18.3. The molecule has 7 nitrogen and oxygen atoms in total. The Kier molecular flexibility index (Phi) is 5.70. The summed E-state index contributed by atoms with van der Waals surface area (Å²) in [7, 11) is 0. The molecular weight excluding hydrogens is 380 g/mol. The Morgan fingerprint density at radius 2 is 1.41 bits per heavy atom. The van der Waals surface area contributed by atoms with Gasteiger partial charge in [-0.1, -0.05) is 0 Å². The molecule has 0 aliphatic carbocycles. The van der Waals surface area contributed by atoms with Crippen LogP contribution < -0.4 is 10.6 Å². The van der Waals surface area contributed by atoms with E-state index >= 15 is 0 Å². The minimum absolute atomic E-state index is 0.119. The Bertz CT molecular complexity index is 790. The molecule has 2 aromatic rings. The Hall–Kier alpha value is -2.73. The number of alkyl halides is 6. The van der Waals surface area contributed by atoms with Crippen molar-refractivity contribution >= 4 is 11.9 Å². The zero-order chi connectivity index (χ0) is 20.4. The summed E-state index contributed by atoms with van der Waals surface area (Å²) in [5.74, 6) is -0.943. The number of hydrogen-bond acceptors (Lipinski definition) is 7. The molecule has 0 saturated carbocycles. The van der Waals surface area contributed by atoms with Gasteiger partial charge in [0.05, 0.1) is 12.4 Å². The lowest BCUT2D eigenvalue weighted by Crippen LogP contribution is -2.34. The first-order valence-electron chi connectivity index (χ1n) is 7.61. The summed E-state index contributed by atoms with van der Waals surface area (Å²) < 4.78 is 76.7. The number of nitrogens with one attached hydrogen (secondary N) is 2. The second-order valence-corrected chi connectivity index (χ2v) is 5.80. The molecule has 0 aliphatic heterocycles. The Morgan fingerprint density at radius 1 is 0.815 bits per heavy atom. The van der Waals surface area contributed by atoms with E-state index in [1.54, 1.807) is 13.8 Å². The molecule has 0 unspecified atom stereocenters. The number of hydrogen-bond donors (Lipinski definition) is 2. The molecule has 2 rings (SSSR count). The van der Waals surface area contributed by atoms with E-state index in [2.05, 4.69) is 35.6 Å². The van der Waals surface area contributed by atoms with E-state index in [1.807, 2.05) is 0 Å². The molecule has 0 fully saturated rings. The maximum absolute atomic E-state index is 12.8. The molecule has 27 heavy (non-hydrogen) atoms. The van der Waals surface area contributed by atoms with Gasteiger partial charge in [-0.3, -0.25) is 4.98 Å². The quantitative estimate of drug-likeness (QED) is 0.749. The van der Waals surface area contributed by atoms with Gasteiger partial charge in [-0.05, 0) is 20.8 Å². The second-order valence-electron chi connectivity index (χ2n) is 5.80. The predicted molar refractivity (Wildman–Crippen MR) is 83.8 cm³/mol. The molecule has 2 aromatic heterocycles. The van der Waals surface area contributed by atoms with Crippen molar-refractivity contribution in [2.24, 2.45) is 0 Å². The van der Waals surface area contributed by atoms with Crippen molar-refractivity contribution in [2.75, 3.05) is 10.6 Å². The summed E-state index contributed by atoms with van der Waals surface area (Å²) in [6.07, 6.45) is -7.83. The molecule has 0 saturated heterocycles. The van der Waals surface area contributed by atoms with Gasteiger partial charge in [-0.15, -0.1) is 0 Å². The van der Waals surface area contributed by atoms with Crippen molar-refractivity contribution in [3.8, 4) is 11.5 Å². The number of nitrogens with zero attached hydrogens (tertiary/aromatic N) is 5. The average Bonchev–Trinajstić information content (AvgIpc) is 2.52. The van der Waals surface area contributed by atoms with Gasteiger partial charge in [0, 0.05) is 6.04 Å². The topological polar surface area (TPSA) is 88.5 Å². The molecule has 148 valence electrons. The summed E-state index contributed by atoms with van der Waals surface area (Å²) in [5, 5.41) is 4.81. The second kappa shape index (κ2) is 7.48. The van der Waals surface area contributed by atoms with Gasteiger partial charge in [0.2, 0.25) is 11.9 Å². The number of anilines is 2. The maximum Gasteiger partial charge on any atom is 0.434 e. The summed E-state index contributed by atoms with van der Waals surface area (Å²) in [6, 6.07) is -2.19. The predicted octanol–water partition coefficient (Wildman–Crippen LogP) is 3.53. The minimum atomic E-state index is -4.75. The van der Waals surface area contributed by atoms with Crippen molar-refractivity contribution in [3.63, 3.8) is 0 Å². The highest BCUT2D eigenvalue weighted by Gasteiger charge is 2.37. The van der Waals surface area contributed by atoms with Crippen LogP contribution in [0.4, 0.5) is 38.2 Å². The minimum Gasteiger partial charge on any atom is -0.352 e. The van der Waals surface area contributed by atoms with Crippen molar-refractivity contribution < 1.29 is 26.3 Å². The van der Waals surface area contributed by atoms with Gasteiger partial charge >= 0.3 is 12.4 Å². The molecule has 0 spiro atoms. The lowest BCUT2D eigenvalue weighted by molar-refractivity contribution is -0.141. The van der Waals surface area contributed by atoms with Crippen LogP contribution in [-0.2, 0) is 6.18 Å². The first kappa shape index (κ1) is 20.6. The van der Waals surface area contributed by atoms with E-state index in [0.717, 1.165) is 13.1 Å². The molecule has 2 N–H and O–H groups in total. The largest absolute Gasteiger partial charge is 0.434 e. The molecule has 0 bridgehead atoms. The van der Waals surface area contributed by atoms with Crippen LogP contribution in [0.2, 0.25) is 0 Å². The number of rotatable bonds is 5. The highest BCUT2D eigenvalue weighted by Crippen LogP contribution is 2.28. The third-order valence-electron chi connectivity index (χ3n) is 3.04. The van der Waals surface area contributed by atoms with Gasteiger partial charge in [-0.25, -0.2) is 4.98 Å². The Labute approximate surface area is 149 Å². The fourth-order valence-electron chi connectivity index (χ4n) is 1.76. The zero-order valence-electron chi connectivity index (χ0n) is 14.3. The third-order valence-corrected chi connectivity index (χ3v) is 3.04. The summed E-state index contributed by atoms with van der Waals surface area (Å²) in [5.41, 5.74) is -1.64. The van der Waals surface area contributed by atoms with E-state index in [-0.39, 0.29) is 23.5 Å². The lowest BCUT2D eigenvalue weighted by atomic mass is 10.3. The molecule has 1 atom stereocenters. The van der Waals surface area contributed by atoms with Crippen LogP contribution in [0.3, 0.4) is 0 Å². The molecule has 0 aliphatic rings. The van der Waals surface area contributed by atoms with Gasteiger partial charge < -0.3 is 10.6 Å². The van der Waals surface area contributed by atoms with Crippen molar-refractivity contribution in [2.45, 2.75) is 45.2 Å². The van der Waals surface area contributed by atoms with Gasteiger partial charge in [0.15, 0.2) is 11.5 Å². The molecule has 0 aromatic carbocycles. The van der Waals surface area contributed by atoms with Gasteiger partial charge in [0.25, 0.3) is 0 Å². The van der Waals surface area contributed by atoms with Crippen molar-refractivity contribution in [1.82, 2.24) is 24.9 Å². The number of aromatic nitrogens is 5. The normalized spacial score (nSPS) is 13.6. The molecule has 0 radical (unpaired) electrons. The smallest absolute Gasteiger partial charge is 0.352 e.